The van der Waals surface area contributed by atoms with Crippen LogP contribution >= 0.6 is 0 Å². The zero-order valence-electron chi connectivity index (χ0n) is 12.7. The summed E-state index contributed by atoms with van der Waals surface area (Å²) >= 11 is 0. The highest BCUT2D eigenvalue weighted by Crippen LogP contribution is 2.17. The molecule has 2 rings (SSSR count). The van der Waals surface area contributed by atoms with Crippen LogP contribution in [-0.2, 0) is 11.2 Å². The highest BCUT2D eigenvalue weighted by Gasteiger charge is 2.15. The SMILES string of the molecule is CCCC(=O)N[C@H](Cc1ccc(C)cc1)c1ccccn1. The first-order chi connectivity index (χ1) is 10.2. The Labute approximate surface area is 126 Å². The van der Waals surface area contributed by atoms with Crippen LogP contribution in [0.2, 0.25) is 0 Å². The van der Waals surface area contributed by atoms with Crippen molar-refractivity contribution in [2.75, 3.05) is 0 Å². The molecule has 21 heavy (non-hydrogen) atoms. The van der Waals surface area contributed by atoms with Crippen molar-refractivity contribution in [3.63, 3.8) is 0 Å². The Hall–Kier alpha value is -2.16. The molecule has 1 amide bonds. The van der Waals surface area contributed by atoms with Crippen molar-refractivity contribution in [1.82, 2.24) is 10.3 Å². The number of aryl methyl sites for hydroxylation is 1. The second-order valence-electron chi connectivity index (χ2n) is 5.31. The number of aromatic nitrogens is 1. The van der Waals surface area contributed by atoms with Gasteiger partial charge in [0.1, 0.15) is 0 Å². The predicted molar refractivity (Wildman–Crippen MR) is 84.9 cm³/mol. The molecule has 110 valence electrons. The molecule has 0 bridgehead atoms. The number of carbonyl (C=O) groups is 1. The second kappa shape index (κ2) is 7.58. The Bertz CT molecular complexity index is 564. The van der Waals surface area contributed by atoms with Crippen LogP contribution in [-0.4, -0.2) is 10.9 Å². The van der Waals surface area contributed by atoms with E-state index in [0.29, 0.717) is 6.42 Å². The van der Waals surface area contributed by atoms with Crippen LogP contribution in [0, 0.1) is 6.92 Å². The Kier molecular flexibility index (Phi) is 5.50. The van der Waals surface area contributed by atoms with Gasteiger partial charge in [-0.15, -0.1) is 0 Å². The van der Waals surface area contributed by atoms with Crippen LogP contribution in [0.1, 0.15) is 42.6 Å². The van der Waals surface area contributed by atoms with E-state index in [4.69, 9.17) is 0 Å². The summed E-state index contributed by atoms with van der Waals surface area (Å²) in [6, 6.07) is 14.1. The number of amides is 1. The summed E-state index contributed by atoms with van der Waals surface area (Å²) < 4.78 is 0. The maximum absolute atomic E-state index is 11.9. The van der Waals surface area contributed by atoms with E-state index < -0.39 is 0 Å². The number of hydrogen-bond donors (Lipinski definition) is 1. The normalized spacial score (nSPS) is 11.9. The molecule has 3 heteroatoms. The number of rotatable bonds is 6. The van der Waals surface area contributed by atoms with E-state index in [1.54, 1.807) is 6.20 Å². The average Bonchev–Trinajstić information content (AvgIpc) is 2.50. The van der Waals surface area contributed by atoms with Gasteiger partial charge < -0.3 is 5.32 Å². The van der Waals surface area contributed by atoms with Crippen molar-refractivity contribution < 1.29 is 4.79 Å². The zero-order chi connectivity index (χ0) is 15.1. The minimum Gasteiger partial charge on any atom is -0.347 e. The van der Waals surface area contributed by atoms with Gasteiger partial charge in [0.05, 0.1) is 11.7 Å². The van der Waals surface area contributed by atoms with Gasteiger partial charge in [-0.05, 0) is 37.5 Å². The van der Waals surface area contributed by atoms with Gasteiger partial charge in [-0.3, -0.25) is 9.78 Å². The predicted octanol–water partition coefficient (Wildman–Crippen LogP) is 3.59. The molecule has 2 aromatic rings. The Morgan fingerprint density at radius 2 is 1.95 bits per heavy atom. The molecule has 1 aromatic heterocycles. The molecule has 0 saturated carbocycles. The maximum atomic E-state index is 11.9. The second-order valence-corrected chi connectivity index (χ2v) is 5.31. The first-order valence-corrected chi connectivity index (χ1v) is 7.45. The third kappa shape index (κ3) is 4.71. The molecule has 0 aliphatic carbocycles. The molecule has 0 aliphatic heterocycles. The molecule has 0 fully saturated rings. The first-order valence-electron chi connectivity index (χ1n) is 7.45. The molecule has 3 nitrogen and oxygen atoms in total. The highest BCUT2D eigenvalue weighted by molar-refractivity contribution is 5.76. The molecule has 1 N–H and O–H groups in total. The zero-order valence-corrected chi connectivity index (χ0v) is 12.7. The van der Waals surface area contributed by atoms with Crippen molar-refractivity contribution in [3.05, 3.63) is 65.5 Å². The van der Waals surface area contributed by atoms with Gasteiger partial charge in [-0.25, -0.2) is 0 Å². The third-order valence-corrected chi connectivity index (χ3v) is 3.42. The number of benzene rings is 1. The van der Waals surface area contributed by atoms with Gasteiger partial charge in [-0.2, -0.15) is 0 Å². The van der Waals surface area contributed by atoms with Crippen LogP contribution < -0.4 is 5.32 Å². The molecule has 1 aromatic carbocycles. The Morgan fingerprint density at radius 3 is 2.57 bits per heavy atom. The summed E-state index contributed by atoms with van der Waals surface area (Å²) in [4.78, 5) is 16.3. The number of carbonyl (C=O) groups excluding carboxylic acids is 1. The van der Waals surface area contributed by atoms with Gasteiger partial charge in [0, 0.05) is 12.6 Å². The molecular formula is C18H22N2O. The van der Waals surface area contributed by atoms with Gasteiger partial charge in [0.2, 0.25) is 5.91 Å². The molecule has 1 heterocycles. The molecule has 0 saturated heterocycles. The van der Waals surface area contributed by atoms with Crippen molar-refractivity contribution in [3.8, 4) is 0 Å². The summed E-state index contributed by atoms with van der Waals surface area (Å²) in [5.41, 5.74) is 3.35. The fourth-order valence-corrected chi connectivity index (χ4v) is 2.27. The number of nitrogens with zero attached hydrogens (tertiary/aromatic N) is 1. The van der Waals surface area contributed by atoms with Crippen LogP contribution in [0.4, 0.5) is 0 Å². The van der Waals surface area contributed by atoms with Crippen molar-refractivity contribution in [2.24, 2.45) is 0 Å². The summed E-state index contributed by atoms with van der Waals surface area (Å²) in [7, 11) is 0. The van der Waals surface area contributed by atoms with E-state index in [1.807, 2.05) is 25.1 Å². The molecule has 0 unspecified atom stereocenters. The Morgan fingerprint density at radius 1 is 1.19 bits per heavy atom. The lowest BCUT2D eigenvalue weighted by Crippen LogP contribution is -2.30. The van der Waals surface area contributed by atoms with Crippen LogP contribution in [0.25, 0.3) is 0 Å². The summed E-state index contributed by atoms with van der Waals surface area (Å²) in [5, 5.41) is 3.10. The standard InChI is InChI=1S/C18H22N2O/c1-3-6-18(21)20-17(16-7-4-5-12-19-16)13-15-10-8-14(2)9-11-15/h4-5,7-12,17H,3,6,13H2,1-2H3,(H,20,21)/t17-/m1/s1. The lowest BCUT2D eigenvalue weighted by Gasteiger charge is -2.18. The van der Waals surface area contributed by atoms with Crippen molar-refractivity contribution in [1.29, 1.82) is 0 Å². The van der Waals surface area contributed by atoms with E-state index in [2.05, 4.69) is 41.5 Å². The topological polar surface area (TPSA) is 42.0 Å². The van der Waals surface area contributed by atoms with E-state index in [9.17, 15) is 4.79 Å². The van der Waals surface area contributed by atoms with Crippen LogP contribution in [0.3, 0.4) is 0 Å². The quantitative estimate of drug-likeness (QED) is 0.879. The monoisotopic (exact) mass is 282 g/mol. The largest absolute Gasteiger partial charge is 0.347 e. The minimum atomic E-state index is -0.0760. The lowest BCUT2D eigenvalue weighted by atomic mass is 10.0. The van der Waals surface area contributed by atoms with Gasteiger partial charge in [-0.1, -0.05) is 42.8 Å². The van der Waals surface area contributed by atoms with Crippen LogP contribution in [0.15, 0.2) is 48.7 Å². The number of pyridine rings is 1. The lowest BCUT2D eigenvalue weighted by molar-refractivity contribution is -0.121. The fourth-order valence-electron chi connectivity index (χ4n) is 2.27. The molecular weight excluding hydrogens is 260 g/mol. The Balaban J connectivity index is 2.15. The first kappa shape index (κ1) is 15.2. The number of hydrogen-bond acceptors (Lipinski definition) is 2. The maximum Gasteiger partial charge on any atom is 0.220 e. The van der Waals surface area contributed by atoms with Crippen molar-refractivity contribution in [2.45, 2.75) is 39.2 Å². The van der Waals surface area contributed by atoms with E-state index in [-0.39, 0.29) is 11.9 Å². The molecule has 0 spiro atoms. The summed E-state index contributed by atoms with van der Waals surface area (Å²) in [6.07, 6.45) is 3.93. The molecule has 1 atom stereocenters. The van der Waals surface area contributed by atoms with Crippen molar-refractivity contribution >= 4 is 5.91 Å². The smallest absolute Gasteiger partial charge is 0.220 e. The minimum absolute atomic E-state index is 0.0760. The van der Waals surface area contributed by atoms with Crippen LogP contribution in [0.5, 0.6) is 0 Å². The fraction of sp³-hybridized carbons (Fsp3) is 0.333. The molecule has 0 radical (unpaired) electrons. The summed E-state index contributed by atoms with van der Waals surface area (Å²) in [6.45, 7) is 4.08. The summed E-state index contributed by atoms with van der Waals surface area (Å²) in [5.74, 6) is 0.0836. The van der Waals surface area contributed by atoms with E-state index in [0.717, 1.165) is 18.5 Å². The molecule has 0 aliphatic rings. The number of nitrogens with one attached hydrogen (secondary N) is 1. The van der Waals surface area contributed by atoms with E-state index in [1.165, 1.54) is 11.1 Å². The van der Waals surface area contributed by atoms with E-state index >= 15 is 0 Å². The third-order valence-electron chi connectivity index (χ3n) is 3.42. The highest BCUT2D eigenvalue weighted by atomic mass is 16.1. The van der Waals surface area contributed by atoms with Gasteiger partial charge >= 0.3 is 0 Å². The average molecular weight is 282 g/mol. The van der Waals surface area contributed by atoms with Gasteiger partial charge in [0.15, 0.2) is 0 Å². The van der Waals surface area contributed by atoms with Gasteiger partial charge in [0.25, 0.3) is 0 Å².